The third-order valence-electron chi connectivity index (χ3n) is 6.26. The van der Waals surface area contributed by atoms with Crippen LogP contribution < -0.4 is 9.62 Å². The molecule has 0 heterocycles. The normalized spacial score (nSPS) is 12.0. The monoisotopic (exact) mass is 539 g/mol. The number of nitrogens with one attached hydrogen (secondary N) is 1. The second kappa shape index (κ2) is 12.3. The highest BCUT2D eigenvalue weighted by Crippen LogP contribution is 2.26. The number of carbonyl (C=O) groups excluding carboxylic acids is 2. The third-order valence-corrected chi connectivity index (χ3v) is 8.80. The molecule has 0 fully saturated rings. The molecule has 0 bridgehead atoms. The number of thioether (sulfide) groups is 1. The lowest BCUT2D eigenvalue weighted by Gasteiger charge is -2.32. The first-order valence-corrected chi connectivity index (χ1v) is 14.5. The van der Waals surface area contributed by atoms with Crippen molar-refractivity contribution < 1.29 is 18.0 Å². The number of benzene rings is 3. The number of rotatable bonds is 10. The first-order valence-electron chi connectivity index (χ1n) is 11.9. The molecule has 0 aliphatic carbocycles. The van der Waals surface area contributed by atoms with Crippen molar-refractivity contribution in [1.82, 2.24) is 10.2 Å². The maximum atomic E-state index is 13.8. The Labute approximate surface area is 223 Å². The standard InChI is InChI=1S/C28H33N3O4S2/c1-20-10-12-24(13-11-20)31(37(34,35)26-16-14-25(36-5)15-17-26)19-27(32)30(22(3)28(33)29-4)18-23-9-7-6-8-21(23)2/h6-17,22H,18-19H2,1-5H3,(H,29,33)/t22-/m1/s1. The molecule has 3 aromatic carbocycles. The number of likely N-dealkylation sites (N-methyl/N-ethyl adjacent to an activating group) is 1. The molecule has 0 unspecified atom stereocenters. The van der Waals surface area contributed by atoms with E-state index < -0.39 is 28.5 Å². The van der Waals surface area contributed by atoms with Gasteiger partial charge in [-0.25, -0.2) is 8.42 Å². The Morgan fingerprint density at radius 3 is 2.14 bits per heavy atom. The molecule has 1 N–H and O–H groups in total. The minimum atomic E-state index is -4.08. The molecule has 0 saturated carbocycles. The van der Waals surface area contributed by atoms with E-state index in [-0.39, 0.29) is 17.3 Å². The molecule has 2 amide bonds. The summed E-state index contributed by atoms with van der Waals surface area (Å²) < 4.78 is 28.7. The van der Waals surface area contributed by atoms with Crippen LogP contribution in [0.5, 0.6) is 0 Å². The summed E-state index contributed by atoms with van der Waals surface area (Å²) in [4.78, 5) is 28.8. The van der Waals surface area contributed by atoms with Crippen molar-refractivity contribution in [3.8, 4) is 0 Å². The van der Waals surface area contributed by atoms with Gasteiger partial charge in [0.05, 0.1) is 10.6 Å². The summed E-state index contributed by atoms with van der Waals surface area (Å²) in [6, 6.07) is 20.4. The van der Waals surface area contributed by atoms with E-state index in [9.17, 15) is 18.0 Å². The third kappa shape index (κ3) is 6.72. The fourth-order valence-electron chi connectivity index (χ4n) is 3.88. The van der Waals surface area contributed by atoms with Gasteiger partial charge in [0.2, 0.25) is 11.8 Å². The van der Waals surface area contributed by atoms with Crippen LogP contribution >= 0.6 is 11.8 Å². The van der Waals surface area contributed by atoms with Crippen LogP contribution in [0.25, 0.3) is 0 Å². The predicted octanol–water partition coefficient (Wildman–Crippen LogP) is 4.38. The maximum absolute atomic E-state index is 13.8. The number of hydrogen-bond donors (Lipinski definition) is 1. The summed E-state index contributed by atoms with van der Waals surface area (Å²) in [5, 5.41) is 2.59. The van der Waals surface area contributed by atoms with Crippen LogP contribution in [-0.2, 0) is 26.2 Å². The van der Waals surface area contributed by atoms with Crippen molar-refractivity contribution in [1.29, 1.82) is 0 Å². The van der Waals surface area contributed by atoms with Gasteiger partial charge >= 0.3 is 0 Å². The summed E-state index contributed by atoms with van der Waals surface area (Å²) in [7, 11) is -2.57. The Morgan fingerprint density at radius 1 is 0.946 bits per heavy atom. The highest BCUT2D eigenvalue weighted by Gasteiger charge is 2.32. The van der Waals surface area contributed by atoms with E-state index in [1.165, 1.54) is 23.7 Å². The zero-order valence-corrected chi connectivity index (χ0v) is 23.4. The average Bonchev–Trinajstić information content (AvgIpc) is 2.90. The molecule has 1 atom stereocenters. The summed E-state index contributed by atoms with van der Waals surface area (Å²) in [5.41, 5.74) is 3.19. The van der Waals surface area contributed by atoms with E-state index in [1.54, 1.807) is 55.5 Å². The molecular weight excluding hydrogens is 506 g/mol. The molecule has 37 heavy (non-hydrogen) atoms. The molecule has 0 aliphatic heterocycles. The predicted molar refractivity (Wildman–Crippen MR) is 149 cm³/mol. The van der Waals surface area contributed by atoms with E-state index in [0.29, 0.717) is 5.69 Å². The number of anilines is 1. The first-order chi connectivity index (χ1) is 17.6. The van der Waals surface area contributed by atoms with E-state index in [4.69, 9.17) is 0 Å². The van der Waals surface area contributed by atoms with Gasteiger partial charge < -0.3 is 10.2 Å². The molecule has 3 aromatic rings. The fraction of sp³-hybridized carbons (Fsp3) is 0.286. The number of sulfonamides is 1. The summed E-state index contributed by atoms with van der Waals surface area (Å²) >= 11 is 1.51. The second-order valence-electron chi connectivity index (χ2n) is 8.76. The van der Waals surface area contributed by atoms with Crippen molar-refractivity contribution in [3.63, 3.8) is 0 Å². The van der Waals surface area contributed by atoms with E-state index >= 15 is 0 Å². The van der Waals surface area contributed by atoms with Gasteiger partial charge in [-0.2, -0.15) is 0 Å². The van der Waals surface area contributed by atoms with Gasteiger partial charge in [-0.3, -0.25) is 13.9 Å². The number of aryl methyl sites for hydroxylation is 2. The summed E-state index contributed by atoms with van der Waals surface area (Å²) in [6.07, 6.45) is 1.91. The van der Waals surface area contributed by atoms with E-state index in [2.05, 4.69) is 5.32 Å². The number of hydrogen-bond acceptors (Lipinski definition) is 5. The zero-order valence-electron chi connectivity index (χ0n) is 21.8. The van der Waals surface area contributed by atoms with Crippen LogP contribution in [0.3, 0.4) is 0 Å². The minimum absolute atomic E-state index is 0.0866. The van der Waals surface area contributed by atoms with Crippen LogP contribution in [0.1, 0.15) is 23.6 Å². The largest absolute Gasteiger partial charge is 0.357 e. The Bertz CT molecular complexity index is 1340. The average molecular weight is 540 g/mol. The van der Waals surface area contributed by atoms with E-state index in [1.807, 2.05) is 44.4 Å². The van der Waals surface area contributed by atoms with Gasteiger partial charge in [-0.1, -0.05) is 42.0 Å². The Hall–Kier alpha value is -3.30. The fourth-order valence-corrected chi connectivity index (χ4v) is 5.70. The molecule has 0 aliphatic rings. The van der Waals surface area contributed by atoms with E-state index in [0.717, 1.165) is 25.9 Å². The van der Waals surface area contributed by atoms with Gasteiger partial charge in [-0.15, -0.1) is 11.8 Å². The first kappa shape index (κ1) is 28.3. The molecule has 0 saturated heterocycles. The Morgan fingerprint density at radius 2 is 1.57 bits per heavy atom. The quantitative estimate of drug-likeness (QED) is 0.387. The molecule has 3 rings (SSSR count). The Balaban J connectivity index is 2.03. The highest BCUT2D eigenvalue weighted by atomic mass is 32.2. The van der Waals surface area contributed by atoms with Gasteiger partial charge in [0.1, 0.15) is 12.6 Å². The highest BCUT2D eigenvalue weighted by molar-refractivity contribution is 7.98. The topological polar surface area (TPSA) is 86.8 Å². The Kier molecular flexibility index (Phi) is 9.39. The lowest BCUT2D eigenvalue weighted by atomic mass is 10.1. The maximum Gasteiger partial charge on any atom is 0.264 e. The molecule has 0 aromatic heterocycles. The van der Waals surface area contributed by atoms with Crippen LogP contribution in [0, 0.1) is 13.8 Å². The van der Waals surface area contributed by atoms with Crippen LogP contribution in [0.15, 0.2) is 82.6 Å². The number of carbonyl (C=O) groups is 2. The lowest BCUT2D eigenvalue weighted by Crippen LogP contribution is -2.50. The van der Waals surface area contributed by atoms with Crippen molar-refractivity contribution in [2.45, 2.75) is 43.1 Å². The second-order valence-corrected chi connectivity index (χ2v) is 11.5. The van der Waals surface area contributed by atoms with Gasteiger partial charge in [0.15, 0.2) is 0 Å². The van der Waals surface area contributed by atoms with Crippen LogP contribution in [0.4, 0.5) is 5.69 Å². The summed E-state index contributed by atoms with van der Waals surface area (Å²) in [6.45, 7) is 5.20. The van der Waals surface area contributed by atoms with Crippen LogP contribution in [0.2, 0.25) is 0 Å². The minimum Gasteiger partial charge on any atom is -0.357 e. The number of amides is 2. The molecule has 196 valence electrons. The molecular formula is C28H33N3O4S2. The van der Waals surface area contributed by atoms with Crippen molar-refractivity contribution in [3.05, 3.63) is 89.5 Å². The smallest absolute Gasteiger partial charge is 0.264 e. The van der Waals surface area contributed by atoms with Crippen molar-refractivity contribution in [2.24, 2.45) is 0 Å². The molecule has 0 spiro atoms. The zero-order chi connectivity index (χ0) is 27.2. The number of nitrogens with zero attached hydrogens (tertiary/aromatic N) is 2. The molecule has 9 heteroatoms. The van der Waals surface area contributed by atoms with Gasteiger partial charge in [0, 0.05) is 18.5 Å². The van der Waals surface area contributed by atoms with Crippen molar-refractivity contribution in [2.75, 3.05) is 24.2 Å². The van der Waals surface area contributed by atoms with Gasteiger partial charge in [-0.05, 0) is 74.6 Å². The lowest BCUT2D eigenvalue weighted by molar-refractivity contribution is -0.139. The SMILES string of the molecule is CNC(=O)[C@@H](C)N(Cc1ccccc1C)C(=O)CN(c1ccc(C)cc1)S(=O)(=O)c1ccc(SC)cc1. The molecule has 7 nitrogen and oxygen atoms in total. The van der Waals surface area contributed by atoms with Crippen LogP contribution in [-0.4, -0.2) is 51.0 Å². The molecule has 0 radical (unpaired) electrons. The van der Waals surface area contributed by atoms with Crippen molar-refractivity contribution >= 4 is 39.3 Å². The summed E-state index contributed by atoms with van der Waals surface area (Å²) in [5.74, 6) is -0.816. The van der Waals surface area contributed by atoms with Gasteiger partial charge in [0.25, 0.3) is 10.0 Å².